The third-order valence-corrected chi connectivity index (χ3v) is 5.56. The number of nitrogens with zero attached hydrogens (tertiary/aromatic N) is 3. The molecule has 154 valence electrons. The van der Waals surface area contributed by atoms with Crippen molar-refractivity contribution in [2.75, 3.05) is 11.9 Å². The van der Waals surface area contributed by atoms with Crippen molar-refractivity contribution in [2.24, 2.45) is 0 Å². The second kappa shape index (κ2) is 8.38. The van der Waals surface area contributed by atoms with Crippen LogP contribution in [0.25, 0.3) is 15.9 Å². The van der Waals surface area contributed by atoms with Gasteiger partial charge in [0.15, 0.2) is 6.61 Å². The quantitative estimate of drug-likeness (QED) is 0.475. The minimum atomic E-state index is -0.644. The van der Waals surface area contributed by atoms with Crippen LogP contribution in [0, 0.1) is 24.1 Å². The summed E-state index contributed by atoms with van der Waals surface area (Å²) in [5.41, 5.74) is 2.03. The maximum atomic E-state index is 13.2. The van der Waals surface area contributed by atoms with Crippen LogP contribution in [0.15, 0.2) is 54.6 Å². The number of ether oxygens (including phenoxy) is 1. The Morgan fingerprint density at radius 3 is 2.71 bits per heavy atom. The topological polar surface area (TPSA) is 97.0 Å². The molecule has 0 atom stereocenters. The first kappa shape index (κ1) is 20.3. The van der Waals surface area contributed by atoms with E-state index in [9.17, 15) is 14.0 Å². The SMILES string of the molecule is Cc1nn(-c2ccc(F)cc2)c2sc(C(=O)OCC(=O)Nc3ccccc3C#N)cc12. The lowest BCUT2D eigenvalue weighted by molar-refractivity contribution is -0.119. The Morgan fingerprint density at radius 2 is 1.97 bits per heavy atom. The smallest absolute Gasteiger partial charge is 0.348 e. The Bertz CT molecular complexity index is 1340. The average Bonchev–Trinajstić information content (AvgIpc) is 3.34. The van der Waals surface area contributed by atoms with Crippen LogP contribution in [0.3, 0.4) is 0 Å². The van der Waals surface area contributed by atoms with E-state index in [2.05, 4.69) is 10.4 Å². The number of amides is 1. The van der Waals surface area contributed by atoms with Crippen molar-refractivity contribution in [2.45, 2.75) is 6.92 Å². The van der Waals surface area contributed by atoms with Crippen molar-refractivity contribution < 1.29 is 18.7 Å². The summed E-state index contributed by atoms with van der Waals surface area (Å²) in [6, 6.07) is 16.1. The molecular formula is C22H15FN4O3S. The molecule has 2 heterocycles. The number of hydrogen-bond donors (Lipinski definition) is 1. The number of hydrogen-bond acceptors (Lipinski definition) is 6. The van der Waals surface area contributed by atoms with Crippen molar-refractivity contribution in [3.8, 4) is 11.8 Å². The van der Waals surface area contributed by atoms with Gasteiger partial charge in [-0.1, -0.05) is 12.1 Å². The number of aryl methyl sites for hydroxylation is 1. The fourth-order valence-electron chi connectivity index (χ4n) is 2.98. The van der Waals surface area contributed by atoms with Gasteiger partial charge in [-0.2, -0.15) is 10.4 Å². The molecule has 4 rings (SSSR count). The van der Waals surface area contributed by atoms with Gasteiger partial charge in [0, 0.05) is 5.39 Å². The Kier molecular flexibility index (Phi) is 5.47. The molecule has 9 heteroatoms. The fraction of sp³-hybridized carbons (Fsp3) is 0.0909. The van der Waals surface area contributed by atoms with Gasteiger partial charge in [0.05, 0.1) is 22.6 Å². The fourth-order valence-corrected chi connectivity index (χ4v) is 4.06. The Hall–Kier alpha value is -4.03. The van der Waals surface area contributed by atoms with Gasteiger partial charge in [0.2, 0.25) is 0 Å². The molecule has 0 aliphatic carbocycles. The predicted octanol–water partition coefficient (Wildman–Crippen LogP) is 4.20. The molecule has 2 aromatic heterocycles. The van der Waals surface area contributed by atoms with Crippen molar-refractivity contribution in [3.05, 3.63) is 76.5 Å². The van der Waals surface area contributed by atoms with E-state index in [1.165, 1.54) is 23.5 Å². The monoisotopic (exact) mass is 434 g/mol. The van der Waals surface area contributed by atoms with Gasteiger partial charge in [0.25, 0.3) is 5.91 Å². The van der Waals surface area contributed by atoms with E-state index in [4.69, 9.17) is 10.00 Å². The van der Waals surface area contributed by atoms with E-state index in [0.29, 0.717) is 32.3 Å². The number of fused-ring (bicyclic) bond motifs is 1. The van der Waals surface area contributed by atoms with Gasteiger partial charge in [-0.05, 0) is 49.4 Å². The number of nitriles is 1. The molecule has 31 heavy (non-hydrogen) atoms. The van der Waals surface area contributed by atoms with Crippen LogP contribution in [-0.2, 0) is 9.53 Å². The summed E-state index contributed by atoms with van der Waals surface area (Å²) in [6.45, 7) is 1.32. The van der Waals surface area contributed by atoms with Crippen LogP contribution in [-0.4, -0.2) is 28.3 Å². The molecular weight excluding hydrogens is 419 g/mol. The lowest BCUT2D eigenvalue weighted by Crippen LogP contribution is -2.21. The zero-order valence-corrected chi connectivity index (χ0v) is 17.1. The van der Waals surface area contributed by atoms with Crippen molar-refractivity contribution in [1.82, 2.24) is 9.78 Å². The maximum absolute atomic E-state index is 13.2. The highest BCUT2D eigenvalue weighted by atomic mass is 32.1. The molecule has 0 saturated heterocycles. The molecule has 0 unspecified atom stereocenters. The number of anilines is 1. The normalized spacial score (nSPS) is 10.6. The van der Waals surface area contributed by atoms with Crippen LogP contribution in [0.5, 0.6) is 0 Å². The number of para-hydroxylation sites is 1. The number of aromatic nitrogens is 2. The molecule has 0 radical (unpaired) electrons. The van der Waals surface area contributed by atoms with E-state index >= 15 is 0 Å². The van der Waals surface area contributed by atoms with Crippen molar-refractivity contribution in [3.63, 3.8) is 0 Å². The molecule has 7 nitrogen and oxygen atoms in total. The van der Waals surface area contributed by atoms with Gasteiger partial charge >= 0.3 is 5.97 Å². The summed E-state index contributed by atoms with van der Waals surface area (Å²) in [6.07, 6.45) is 0. The van der Waals surface area contributed by atoms with Crippen LogP contribution in [0.4, 0.5) is 10.1 Å². The number of halogens is 1. The molecule has 0 aliphatic rings. The first-order chi connectivity index (χ1) is 15.0. The third-order valence-electron chi connectivity index (χ3n) is 4.47. The zero-order valence-electron chi connectivity index (χ0n) is 16.3. The molecule has 0 bridgehead atoms. The Balaban J connectivity index is 1.48. The average molecular weight is 434 g/mol. The number of nitrogens with one attached hydrogen (secondary N) is 1. The summed E-state index contributed by atoms with van der Waals surface area (Å²) in [7, 11) is 0. The van der Waals surface area contributed by atoms with Gasteiger partial charge in [-0.15, -0.1) is 11.3 Å². The largest absolute Gasteiger partial charge is 0.451 e. The van der Waals surface area contributed by atoms with Crippen molar-refractivity contribution in [1.29, 1.82) is 5.26 Å². The van der Waals surface area contributed by atoms with Gasteiger partial charge < -0.3 is 10.1 Å². The number of benzene rings is 2. The van der Waals surface area contributed by atoms with Crippen molar-refractivity contribution >= 4 is 39.1 Å². The summed E-state index contributed by atoms with van der Waals surface area (Å²) in [4.78, 5) is 25.6. The molecule has 1 amide bonds. The maximum Gasteiger partial charge on any atom is 0.348 e. The number of esters is 1. The van der Waals surface area contributed by atoms with Gasteiger partial charge in [0.1, 0.15) is 21.6 Å². The van der Waals surface area contributed by atoms with Crippen LogP contribution < -0.4 is 5.32 Å². The molecule has 4 aromatic rings. The summed E-state index contributed by atoms with van der Waals surface area (Å²) in [5, 5.41) is 16.9. The van der Waals surface area contributed by atoms with E-state index in [1.54, 1.807) is 47.1 Å². The second-order valence-electron chi connectivity index (χ2n) is 6.58. The first-order valence-corrected chi connectivity index (χ1v) is 9.99. The summed E-state index contributed by atoms with van der Waals surface area (Å²) >= 11 is 1.17. The highest BCUT2D eigenvalue weighted by molar-refractivity contribution is 7.20. The molecule has 0 spiro atoms. The Morgan fingerprint density at radius 1 is 1.23 bits per heavy atom. The minimum Gasteiger partial charge on any atom is -0.451 e. The lowest BCUT2D eigenvalue weighted by Gasteiger charge is -2.07. The standard InChI is InChI=1S/C22H15FN4O3S/c1-13-17-10-19(31-21(17)27(26-13)16-8-6-15(23)7-9-16)22(29)30-12-20(28)25-18-5-3-2-4-14(18)11-24/h2-10H,12H2,1H3,(H,25,28). The Labute approximate surface area is 180 Å². The first-order valence-electron chi connectivity index (χ1n) is 9.17. The number of carbonyl (C=O) groups is 2. The van der Waals surface area contributed by atoms with Crippen LogP contribution in [0.2, 0.25) is 0 Å². The minimum absolute atomic E-state index is 0.313. The highest BCUT2D eigenvalue weighted by Crippen LogP contribution is 2.31. The third kappa shape index (κ3) is 4.15. The van der Waals surface area contributed by atoms with E-state index < -0.39 is 18.5 Å². The van der Waals surface area contributed by atoms with E-state index in [0.717, 1.165) is 5.39 Å². The molecule has 1 N–H and O–H groups in total. The number of rotatable bonds is 5. The molecule has 0 saturated carbocycles. The number of thiophene rings is 1. The number of carbonyl (C=O) groups excluding carboxylic acids is 2. The lowest BCUT2D eigenvalue weighted by atomic mass is 10.2. The van der Waals surface area contributed by atoms with Gasteiger partial charge in [-0.3, -0.25) is 4.79 Å². The second-order valence-corrected chi connectivity index (χ2v) is 7.62. The highest BCUT2D eigenvalue weighted by Gasteiger charge is 2.19. The molecule has 0 fully saturated rings. The molecule has 2 aromatic carbocycles. The van der Waals surface area contributed by atoms with Crippen LogP contribution >= 0.6 is 11.3 Å². The predicted molar refractivity (Wildman–Crippen MR) is 114 cm³/mol. The van der Waals surface area contributed by atoms with E-state index in [1.807, 2.05) is 13.0 Å². The molecule has 0 aliphatic heterocycles. The summed E-state index contributed by atoms with van der Waals surface area (Å²) < 4.78 is 20.0. The summed E-state index contributed by atoms with van der Waals surface area (Å²) in [5.74, 6) is -1.55. The van der Waals surface area contributed by atoms with E-state index in [-0.39, 0.29) is 5.82 Å². The van der Waals surface area contributed by atoms with Gasteiger partial charge in [-0.25, -0.2) is 13.9 Å². The van der Waals surface area contributed by atoms with Crippen LogP contribution in [0.1, 0.15) is 20.9 Å². The zero-order chi connectivity index (χ0) is 22.0.